The predicted octanol–water partition coefficient (Wildman–Crippen LogP) is 1.36. The Bertz CT molecular complexity index is 114. The maximum Gasteiger partial charge on any atom is 0.101 e. The Morgan fingerprint density at radius 3 is 2.88 bits per heavy atom. The van der Waals surface area contributed by atoms with Crippen molar-refractivity contribution >= 4 is 22.5 Å². The Balaban J connectivity index is 2.59. The van der Waals surface area contributed by atoms with E-state index in [4.69, 9.17) is 0 Å². The molecule has 0 amide bonds. The Hall–Kier alpha value is -0.310. The number of nitrogens with zero attached hydrogens (tertiary/aromatic N) is 2. The second-order valence-electron chi connectivity index (χ2n) is 1.52. The molecule has 3 heteroatoms. The second kappa shape index (κ2) is 2.31. The quantitative estimate of drug-likeness (QED) is 0.506. The molecule has 0 bridgehead atoms. The molecule has 43 valence electrons. The lowest BCUT2D eigenvalue weighted by molar-refractivity contribution is 0.672. The molecule has 0 aliphatic carbocycles. The summed E-state index contributed by atoms with van der Waals surface area (Å²) < 4.78 is 1.76. The van der Waals surface area contributed by atoms with Gasteiger partial charge in [0.2, 0.25) is 0 Å². The summed E-state index contributed by atoms with van der Waals surface area (Å²) >= 11 is 3.22. The van der Waals surface area contributed by atoms with Gasteiger partial charge in [0, 0.05) is 6.20 Å². The smallest absolute Gasteiger partial charge is 0.101 e. The van der Waals surface area contributed by atoms with Gasteiger partial charge in [0.25, 0.3) is 0 Å². The summed E-state index contributed by atoms with van der Waals surface area (Å²) in [5.41, 5.74) is 0. The van der Waals surface area contributed by atoms with Gasteiger partial charge < -0.3 is 0 Å². The lowest BCUT2D eigenvalue weighted by Crippen LogP contribution is -2.21. The Morgan fingerprint density at radius 1 is 1.75 bits per heavy atom. The molecular formula is C5H6BrN2. The minimum Gasteiger partial charge on any atom is -0.292 e. The van der Waals surface area contributed by atoms with Gasteiger partial charge in [-0.25, -0.2) is 4.99 Å². The zero-order valence-corrected chi connectivity index (χ0v) is 5.87. The third-order valence-electron chi connectivity index (χ3n) is 0.888. The van der Waals surface area contributed by atoms with Crippen LogP contribution in [0.25, 0.3) is 0 Å². The highest BCUT2D eigenvalue weighted by Gasteiger charge is 2.04. The fraction of sp³-hybridized carbons (Fsp3) is 0.200. The van der Waals surface area contributed by atoms with Gasteiger partial charge in [0.15, 0.2) is 0 Å². The first-order chi connectivity index (χ1) is 3.80. The summed E-state index contributed by atoms with van der Waals surface area (Å²) in [4.78, 5) is 3.84. The molecule has 1 unspecified atom stereocenters. The summed E-state index contributed by atoms with van der Waals surface area (Å²) in [6.07, 6.45) is 5.31. The van der Waals surface area contributed by atoms with Crippen LogP contribution in [0.4, 0.5) is 0 Å². The lowest BCUT2D eigenvalue weighted by atomic mass is 10.3. The van der Waals surface area contributed by atoms with Crippen molar-refractivity contribution in [3.8, 4) is 0 Å². The van der Waals surface area contributed by atoms with Gasteiger partial charge in [-0.1, -0.05) is 0 Å². The summed E-state index contributed by atoms with van der Waals surface area (Å²) in [5.74, 6) is 0. The summed E-state index contributed by atoms with van der Waals surface area (Å²) in [6.45, 7) is 3.78. The number of aliphatic imine (C=N–C) groups is 1. The molecule has 1 aliphatic heterocycles. The number of hydrogen-bond acceptors (Lipinski definition) is 2. The van der Waals surface area contributed by atoms with E-state index in [9.17, 15) is 0 Å². The molecule has 0 saturated carbocycles. The second-order valence-corrected chi connectivity index (χ2v) is 2.34. The molecule has 0 aromatic heterocycles. The van der Waals surface area contributed by atoms with Gasteiger partial charge in [0.05, 0.1) is 22.2 Å². The molecule has 1 heterocycles. The highest BCUT2D eigenvalue weighted by molar-refractivity contribution is 9.07. The largest absolute Gasteiger partial charge is 0.292 e. The zero-order valence-electron chi connectivity index (χ0n) is 4.29. The molecule has 1 atom stereocenters. The van der Waals surface area contributed by atoms with E-state index in [1.165, 1.54) is 0 Å². The van der Waals surface area contributed by atoms with E-state index in [0.717, 1.165) is 0 Å². The van der Waals surface area contributed by atoms with Crippen molar-refractivity contribution in [1.82, 2.24) is 3.93 Å². The molecular weight excluding hydrogens is 168 g/mol. The van der Waals surface area contributed by atoms with Crippen LogP contribution in [0.15, 0.2) is 17.3 Å². The Labute approximate surface area is 57.2 Å². The van der Waals surface area contributed by atoms with Crippen LogP contribution in [0.2, 0.25) is 0 Å². The highest BCUT2D eigenvalue weighted by atomic mass is 79.9. The van der Waals surface area contributed by atoms with Crippen LogP contribution in [-0.4, -0.2) is 16.3 Å². The molecule has 1 radical (unpaired) electrons. The van der Waals surface area contributed by atoms with E-state index in [1.807, 2.05) is 6.08 Å². The molecule has 1 rings (SSSR count). The Kier molecular flexibility index (Phi) is 1.68. The van der Waals surface area contributed by atoms with E-state index < -0.39 is 0 Å². The minimum atomic E-state index is 0.174. The Morgan fingerprint density at radius 2 is 2.50 bits per heavy atom. The predicted molar refractivity (Wildman–Crippen MR) is 37.5 cm³/mol. The van der Waals surface area contributed by atoms with E-state index in [1.54, 1.807) is 16.5 Å². The van der Waals surface area contributed by atoms with Crippen LogP contribution in [0.3, 0.4) is 0 Å². The van der Waals surface area contributed by atoms with Crippen molar-refractivity contribution in [1.29, 1.82) is 0 Å². The van der Waals surface area contributed by atoms with Crippen LogP contribution >= 0.6 is 16.1 Å². The van der Waals surface area contributed by atoms with Gasteiger partial charge in [-0.05, 0) is 13.0 Å². The zero-order chi connectivity index (χ0) is 5.98. The summed E-state index contributed by atoms with van der Waals surface area (Å²) in [7, 11) is 0. The third-order valence-corrected chi connectivity index (χ3v) is 1.60. The van der Waals surface area contributed by atoms with Crippen molar-refractivity contribution in [3.63, 3.8) is 0 Å². The van der Waals surface area contributed by atoms with E-state index in [-0.39, 0.29) is 6.04 Å². The van der Waals surface area contributed by atoms with Gasteiger partial charge in [-0.2, -0.15) is 0 Å². The molecule has 0 saturated heterocycles. The van der Waals surface area contributed by atoms with E-state index in [0.29, 0.717) is 0 Å². The standard InChI is InChI=1S/C5H6BrN2/c1-5-2-3-7-4-8(5)6/h2-5H,1H2. The molecule has 0 fully saturated rings. The van der Waals surface area contributed by atoms with Gasteiger partial charge in [0.1, 0.15) is 6.34 Å². The molecule has 0 spiro atoms. The number of hydrogen-bond donors (Lipinski definition) is 0. The molecule has 0 aromatic carbocycles. The molecule has 8 heavy (non-hydrogen) atoms. The fourth-order valence-electron chi connectivity index (χ4n) is 0.419. The monoisotopic (exact) mass is 173 g/mol. The number of halogens is 1. The van der Waals surface area contributed by atoms with Crippen molar-refractivity contribution < 1.29 is 0 Å². The van der Waals surface area contributed by atoms with Crippen molar-refractivity contribution in [2.75, 3.05) is 0 Å². The van der Waals surface area contributed by atoms with Crippen LogP contribution < -0.4 is 0 Å². The van der Waals surface area contributed by atoms with Crippen molar-refractivity contribution in [2.24, 2.45) is 4.99 Å². The highest BCUT2D eigenvalue weighted by Crippen LogP contribution is 2.06. The van der Waals surface area contributed by atoms with Gasteiger partial charge in [-0.3, -0.25) is 3.93 Å². The van der Waals surface area contributed by atoms with Crippen LogP contribution in [0.5, 0.6) is 0 Å². The van der Waals surface area contributed by atoms with Crippen molar-refractivity contribution in [3.05, 3.63) is 19.2 Å². The normalized spacial score (nSPS) is 26.8. The van der Waals surface area contributed by atoms with E-state index in [2.05, 4.69) is 28.1 Å². The van der Waals surface area contributed by atoms with Crippen LogP contribution in [-0.2, 0) is 0 Å². The molecule has 0 aromatic rings. The molecule has 0 N–H and O–H groups in total. The third kappa shape index (κ3) is 1.10. The first kappa shape index (κ1) is 5.82. The molecule has 2 nitrogen and oxygen atoms in total. The van der Waals surface area contributed by atoms with E-state index >= 15 is 0 Å². The first-order valence-corrected chi connectivity index (χ1v) is 2.99. The van der Waals surface area contributed by atoms with Crippen LogP contribution in [0.1, 0.15) is 0 Å². The summed E-state index contributed by atoms with van der Waals surface area (Å²) in [5, 5.41) is 0. The van der Waals surface area contributed by atoms with Crippen LogP contribution in [0, 0.1) is 6.92 Å². The maximum atomic E-state index is 3.84. The average molecular weight is 174 g/mol. The lowest BCUT2D eigenvalue weighted by Gasteiger charge is -2.17. The fourth-order valence-corrected chi connectivity index (χ4v) is 0.661. The molecule has 1 aliphatic rings. The number of rotatable bonds is 0. The maximum absolute atomic E-state index is 3.84. The topological polar surface area (TPSA) is 15.6 Å². The minimum absolute atomic E-state index is 0.174. The average Bonchev–Trinajstić information content (AvgIpc) is 1.77. The van der Waals surface area contributed by atoms with Gasteiger partial charge in [-0.15, -0.1) is 0 Å². The van der Waals surface area contributed by atoms with Crippen molar-refractivity contribution in [2.45, 2.75) is 6.04 Å². The van der Waals surface area contributed by atoms with Gasteiger partial charge >= 0.3 is 0 Å². The first-order valence-electron chi connectivity index (χ1n) is 2.28. The SMILES string of the molecule is [CH2]C1C=CN=CN1Br. The summed E-state index contributed by atoms with van der Waals surface area (Å²) in [6, 6.07) is 0.174.